The number of nitrogens with zero attached hydrogens (tertiary/aromatic N) is 2. The molecule has 0 aromatic carbocycles. The largest absolute Gasteiger partial charge is 0.462 e. The second kappa shape index (κ2) is 6.79. The lowest BCUT2D eigenvalue weighted by Crippen LogP contribution is -2.14. The topological polar surface area (TPSA) is 60.7 Å². The van der Waals surface area contributed by atoms with Crippen LogP contribution in [0.4, 0.5) is 0 Å². The normalized spacial score (nSPS) is 12.1. The van der Waals surface area contributed by atoms with Crippen LogP contribution in [-0.4, -0.2) is 23.1 Å². The van der Waals surface area contributed by atoms with Gasteiger partial charge in [0.25, 0.3) is 5.91 Å². The standard InChI is InChI=1S/C15H13ClN2O3S3/c1-4-21-14(20)10-7(2)18(3)15(24-10)17-13(19)12-9(16)11-8(23-12)5-6-22-11/h5-6H,4H2,1-3H3. The number of aromatic nitrogens is 1. The number of fused-ring (bicyclic) bond motifs is 1. The van der Waals surface area contributed by atoms with E-state index >= 15 is 0 Å². The van der Waals surface area contributed by atoms with E-state index in [1.165, 1.54) is 22.7 Å². The van der Waals surface area contributed by atoms with Crippen molar-refractivity contribution in [2.24, 2.45) is 12.0 Å². The van der Waals surface area contributed by atoms with Crippen molar-refractivity contribution in [1.29, 1.82) is 0 Å². The summed E-state index contributed by atoms with van der Waals surface area (Å²) in [4.78, 5) is 29.9. The lowest BCUT2D eigenvalue weighted by molar-refractivity contribution is 0.0530. The highest BCUT2D eigenvalue weighted by molar-refractivity contribution is 7.29. The fourth-order valence-corrected chi connectivity index (χ4v) is 5.61. The lowest BCUT2D eigenvalue weighted by Gasteiger charge is -2.00. The van der Waals surface area contributed by atoms with Crippen molar-refractivity contribution in [3.63, 3.8) is 0 Å². The number of rotatable bonds is 3. The number of thiophene rings is 2. The van der Waals surface area contributed by atoms with Gasteiger partial charge in [-0.25, -0.2) is 4.79 Å². The van der Waals surface area contributed by atoms with Gasteiger partial charge in [0.1, 0.15) is 9.75 Å². The van der Waals surface area contributed by atoms with Crippen molar-refractivity contribution in [3.8, 4) is 0 Å². The van der Waals surface area contributed by atoms with E-state index in [1.54, 1.807) is 25.5 Å². The molecule has 0 spiro atoms. The number of esters is 1. The SMILES string of the molecule is CCOC(=O)c1sc(=NC(=O)c2sc3ccsc3c2Cl)n(C)c1C. The molecular formula is C15H13ClN2O3S3. The average molecular weight is 401 g/mol. The highest BCUT2D eigenvalue weighted by Gasteiger charge is 2.20. The molecule has 3 aromatic rings. The Balaban J connectivity index is 2.03. The van der Waals surface area contributed by atoms with Crippen LogP contribution in [0.2, 0.25) is 5.02 Å². The van der Waals surface area contributed by atoms with Crippen LogP contribution in [0.15, 0.2) is 16.4 Å². The third kappa shape index (κ3) is 2.95. The molecule has 24 heavy (non-hydrogen) atoms. The van der Waals surface area contributed by atoms with Crippen LogP contribution in [0.5, 0.6) is 0 Å². The van der Waals surface area contributed by atoms with Crippen molar-refractivity contribution in [1.82, 2.24) is 4.57 Å². The smallest absolute Gasteiger partial charge is 0.350 e. The van der Waals surface area contributed by atoms with E-state index in [2.05, 4.69) is 4.99 Å². The van der Waals surface area contributed by atoms with Gasteiger partial charge in [-0.15, -0.1) is 22.7 Å². The molecule has 0 N–H and O–H groups in total. The summed E-state index contributed by atoms with van der Waals surface area (Å²) in [5.74, 6) is -0.806. The molecule has 0 aliphatic rings. The Kier molecular flexibility index (Phi) is 4.91. The molecule has 0 atom stereocenters. The summed E-state index contributed by atoms with van der Waals surface area (Å²) >= 11 is 10.3. The van der Waals surface area contributed by atoms with Crippen LogP contribution in [0, 0.1) is 6.92 Å². The van der Waals surface area contributed by atoms with Gasteiger partial charge in [0, 0.05) is 17.4 Å². The molecule has 1 amide bonds. The van der Waals surface area contributed by atoms with E-state index in [1.807, 2.05) is 11.4 Å². The third-order valence-electron chi connectivity index (χ3n) is 3.40. The van der Waals surface area contributed by atoms with E-state index in [9.17, 15) is 9.59 Å². The van der Waals surface area contributed by atoms with Gasteiger partial charge in [-0.1, -0.05) is 22.9 Å². The summed E-state index contributed by atoms with van der Waals surface area (Å²) < 4.78 is 8.61. The van der Waals surface area contributed by atoms with E-state index in [4.69, 9.17) is 16.3 Å². The van der Waals surface area contributed by atoms with Gasteiger partial charge in [0.15, 0.2) is 4.80 Å². The van der Waals surface area contributed by atoms with E-state index in [0.717, 1.165) is 20.7 Å². The molecule has 0 saturated heterocycles. The number of carbonyl (C=O) groups is 2. The molecule has 5 nitrogen and oxygen atoms in total. The van der Waals surface area contributed by atoms with Gasteiger partial charge in [0.05, 0.1) is 16.3 Å². The van der Waals surface area contributed by atoms with Gasteiger partial charge in [-0.3, -0.25) is 4.79 Å². The first kappa shape index (κ1) is 17.3. The minimum absolute atomic E-state index is 0.298. The van der Waals surface area contributed by atoms with Crippen LogP contribution in [0.25, 0.3) is 9.40 Å². The van der Waals surface area contributed by atoms with Gasteiger partial charge >= 0.3 is 5.97 Å². The van der Waals surface area contributed by atoms with Gasteiger partial charge in [-0.05, 0) is 25.3 Å². The number of ether oxygens (including phenoxy) is 1. The summed E-state index contributed by atoms with van der Waals surface area (Å²) in [7, 11) is 1.76. The van der Waals surface area contributed by atoms with E-state index in [-0.39, 0.29) is 0 Å². The zero-order valence-electron chi connectivity index (χ0n) is 13.1. The Bertz CT molecular complexity index is 1010. The third-order valence-corrected chi connectivity index (χ3v) is 7.42. The highest BCUT2D eigenvalue weighted by Crippen LogP contribution is 2.39. The van der Waals surface area contributed by atoms with Gasteiger partial charge in [0.2, 0.25) is 0 Å². The second-order valence-corrected chi connectivity index (χ2v) is 8.18. The average Bonchev–Trinajstić information content (AvgIpc) is 3.19. The van der Waals surface area contributed by atoms with Crippen molar-refractivity contribution < 1.29 is 14.3 Å². The molecule has 0 aliphatic heterocycles. The van der Waals surface area contributed by atoms with E-state index in [0.29, 0.717) is 31.9 Å². The zero-order chi connectivity index (χ0) is 17.4. The first-order valence-corrected chi connectivity index (χ1v) is 9.91. The molecule has 0 radical (unpaired) electrons. The van der Waals surface area contributed by atoms with Crippen LogP contribution < -0.4 is 4.80 Å². The summed E-state index contributed by atoms with van der Waals surface area (Å²) in [5, 5.41) is 2.38. The minimum Gasteiger partial charge on any atom is -0.462 e. The van der Waals surface area contributed by atoms with Crippen molar-refractivity contribution >= 4 is 66.9 Å². The Morgan fingerprint density at radius 3 is 2.75 bits per heavy atom. The molecule has 0 aliphatic carbocycles. The van der Waals surface area contributed by atoms with Crippen molar-refractivity contribution in [2.75, 3.05) is 6.61 Å². The summed E-state index contributed by atoms with van der Waals surface area (Å²) in [5.41, 5.74) is 0.711. The zero-order valence-corrected chi connectivity index (χ0v) is 16.3. The number of thiazole rings is 1. The van der Waals surface area contributed by atoms with Crippen LogP contribution in [0.3, 0.4) is 0 Å². The Labute approximate surface area is 154 Å². The monoisotopic (exact) mass is 400 g/mol. The molecule has 3 rings (SSSR count). The number of hydrogen-bond donors (Lipinski definition) is 0. The van der Waals surface area contributed by atoms with Crippen LogP contribution >= 0.6 is 45.6 Å². The Morgan fingerprint density at radius 1 is 1.33 bits per heavy atom. The summed E-state index contributed by atoms with van der Waals surface area (Å²) in [6, 6.07) is 1.93. The number of halogens is 1. The molecule has 9 heteroatoms. The van der Waals surface area contributed by atoms with Crippen LogP contribution in [0.1, 0.15) is 32.0 Å². The summed E-state index contributed by atoms with van der Waals surface area (Å²) in [6.07, 6.45) is 0. The van der Waals surface area contributed by atoms with E-state index < -0.39 is 11.9 Å². The number of carbonyl (C=O) groups excluding carboxylic acids is 2. The molecule has 0 unspecified atom stereocenters. The fourth-order valence-electron chi connectivity index (χ4n) is 2.08. The molecule has 0 bridgehead atoms. The predicted octanol–water partition coefficient (Wildman–Crippen LogP) is 4.24. The molecule has 126 valence electrons. The first-order chi connectivity index (χ1) is 11.4. The van der Waals surface area contributed by atoms with Gasteiger partial charge < -0.3 is 9.30 Å². The van der Waals surface area contributed by atoms with Crippen molar-refractivity contribution in [3.05, 3.63) is 36.7 Å². The highest BCUT2D eigenvalue weighted by atomic mass is 35.5. The Morgan fingerprint density at radius 2 is 2.08 bits per heavy atom. The fraction of sp³-hybridized carbons (Fsp3) is 0.267. The molecule has 3 heterocycles. The van der Waals surface area contributed by atoms with Crippen LogP contribution in [-0.2, 0) is 11.8 Å². The van der Waals surface area contributed by atoms with Crippen molar-refractivity contribution in [2.45, 2.75) is 13.8 Å². The maximum atomic E-state index is 12.5. The Hall–Kier alpha value is -1.48. The number of amides is 1. The maximum Gasteiger partial charge on any atom is 0.350 e. The quantitative estimate of drug-likeness (QED) is 0.617. The van der Waals surface area contributed by atoms with Gasteiger partial charge in [-0.2, -0.15) is 4.99 Å². The molecule has 3 aromatic heterocycles. The molecule has 0 fully saturated rings. The maximum absolute atomic E-state index is 12.5. The summed E-state index contributed by atoms with van der Waals surface area (Å²) in [6.45, 7) is 3.84. The predicted molar refractivity (Wildman–Crippen MR) is 98.6 cm³/mol. The number of hydrogen-bond acceptors (Lipinski definition) is 6. The first-order valence-electron chi connectivity index (χ1n) is 7.02. The molecule has 0 saturated carbocycles. The second-order valence-electron chi connectivity index (χ2n) is 4.85. The lowest BCUT2D eigenvalue weighted by atomic mass is 10.4. The minimum atomic E-state index is -0.404. The molecular weight excluding hydrogens is 388 g/mol.